The summed E-state index contributed by atoms with van der Waals surface area (Å²) in [5.74, 6) is 0. The van der Waals surface area contributed by atoms with Gasteiger partial charge in [0.1, 0.15) is 0 Å². The second kappa shape index (κ2) is 8.17. The highest BCUT2D eigenvalue weighted by atomic mass is 16.6. The lowest BCUT2D eigenvalue weighted by atomic mass is 9.73. The minimum atomic E-state index is -1.50. The van der Waals surface area contributed by atoms with E-state index < -0.39 is 20.9 Å². The van der Waals surface area contributed by atoms with Gasteiger partial charge in [-0.1, -0.05) is 39.5 Å². The molecule has 0 aromatic rings. The largest absolute Gasteiger partial charge is 0.287 e. The maximum absolute atomic E-state index is 11.5. The van der Waals surface area contributed by atoms with Crippen molar-refractivity contribution in [3.63, 3.8) is 0 Å². The molecule has 0 saturated carbocycles. The average molecular weight is 288 g/mol. The Morgan fingerprint density at radius 1 is 0.750 bits per heavy atom. The highest BCUT2D eigenvalue weighted by molar-refractivity contribution is 4.94. The number of nitrogens with zero attached hydrogens (tertiary/aromatic N) is 2. The molecule has 0 spiro atoms. The molecule has 0 saturated heterocycles. The summed E-state index contributed by atoms with van der Waals surface area (Å²) in [6.07, 6.45) is 5.46. The molecule has 2 atom stereocenters. The number of unbranched alkanes of at least 4 members (excludes halogenated alkanes) is 4. The van der Waals surface area contributed by atoms with Gasteiger partial charge in [0.2, 0.25) is 0 Å². The molecule has 0 N–H and O–H groups in total. The van der Waals surface area contributed by atoms with Crippen molar-refractivity contribution in [2.45, 2.75) is 90.1 Å². The molecule has 0 aliphatic heterocycles. The Morgan fingerprint density at radius 3 is 1.25 bits per heavy atom. The predicted octanol–water partition coefficient (Wildman–Crippen LogP) is 4.22. The van der Waals surface area contributed by atoms with Crippen LogP contribution >= 0.6 is 0 Å². The molecule has 0 amide bonds. The zero-order valence-electron chi connectivity index (χ0n) is 13.2. The van der Waals surface area contributed by atoms with Crippen LogP contribution in [-0.2, 0) is 0 Å². The Labute approximate surface area is 121 Å². The first-order chi connectivity index (χ1) is 9.26. The fourth-order valence-electron chi connectivity index (χ4n) is 2.55. The Kier molecular flexibility index (Phi) is 7.68. The molecule has 0 aromatic carbocycles. The molecule has 6 heteroatoms. The summed E-state index contributed by atoms with van der Waals surface area (Å²) in [6.45, 7) is 6.91. The fourth-order valence-corrected chi connectivity index (χ4v) is 2.55. The normalized spacial score (nSPS) is 17.2. The van der Waals surface area contributed by atoms with Crippen molar-refractivity contribution in [3.8, 4) is 0 Å². The van der Waals surface area contributed by atoms with Crippen LogP contribution in [0.5, 0.6) is 0 Å². The molecule has 0 heterocycles. The summed E-state index contributed by atoms with van der Waals surface area (Å²) in [5.41, 5.74) is -3.00. The van der Waals surface area contributed by atoms with Gasteiger partial charge in [0.25, 0.3) is 11.1 Å². The van der Waals surface area contributed by atoms with Crippen molar-refractivity contribution in [3.05, 3.63) is 20.2 Å². The van der Waals surface area contributed by atoms with Gasteiger partial charge in [-0.05, 0) is 12.8 Å². The fraction of sp³-hybridized carbons (Fsp3) is 1.00. The van der Waals surface area contributed by atoms with Crippen LogP contribution < -0.4 is 0 Å². The Bertz CT molecular complexity index is 303. The molecule has 2 unspecified atom stereocenters. The van der Waals surface area contributed by atoms with Gasteiger partial charge in [0.15, 0.2) is 0 Å². The summed E-state index contributed by atoms with van der Waals surface area (Å²) in [7, 11) is 0. The summed E-state index contributed by atoms with van der Waals surface area (Å²) in [6, 6.07) is 0. The maximum Gasteiger partial charge on any atom is 0.287 e. The van der Waals surface area contributed by atoms with Crippen molar-refractivity contribution < 1.29 is 9.85 Å². The summed E-state index contributed by atoms with van der Waals surface area (Å²) < 4.78 is 0. The number of nitro groups is 2. The van der Waals surface area contributed by atoms with Crippen LogP contribution in [0.15, 0.2) is 0 Å². The van der Waals surface area contributed by atoms with Gasteiger partial charge in [-0.2, -0.15) is 0 Å². The van der Waals surface area contributed by atoms with Gasteiger partial charge < -0.3 is 0 Å². The van der Waals surface area contributed by atoms with Gasteiger partial charge in [-0.25, -0.2) is 0 Å². The molecule has 20 heavy (non-hydrogen) atoms. The summed E-state index contributed by atoms with van der Waals surface area (Å²) in [5, 5.41) is 23.0. The summed E-state index contributed by atoms with van der Waals surface area (Å²) >= 11 is 0. The minimum Gasteiger partial charge on any atom is -0.264 e. The van der Waals surface area contributed by atoms with Crippen LogP contribution in [0.3, 0.4) is 0 Å². The van der Waals surface area contributed by atoms with E-state index in [0.29, 0.717) is 12.8 Å². The van der Waals surface area contributed by atoms with Crippen molar-refractivity contribution in [2.24, 2.45) is 0 Å². The van der Waals surface area contributed by atoms with Crippen LogP contribution in [0.1, 0.15) is 79.1 Å². The van der Waals surface area contributed by atoms with E-state index in [0.717, 1.165) is 25.7 Å². The Hall–Kier alpha value is -1.20. The van der Waals surface area contributed by atoms with E-state index in [1.807, 2.05) is 13.8 Å². The molecular weight excluding hydrogens is 260 g/mol. The molecule has 6 nitrogen and oxygen atoms in total. The molecule has 0 rings (SSSR count). The molecule has 0 aliphatic rings. The lowest BCUT2D eigenvalue weighted by Crippen LogP contribution is -2.59. The lowest BCUT2D eigenvalue weighted by Gasteiger charge is -2.32. The van der Waals surface area contributed by atoms with E-state index in [1.54, 1.807) is 0 Å². The predicted molar refractivity (Wildman–Crippen MR) is 79.1 cm³/mol. The van der Waals surface area contributed by atoms with Gasteiger partial charge in [0, 0.05) is 36.5 Å². The van der Waals surface area contributed by atoms with Gasteiger partial charge in [-0.15, -0.1) is 0 Å². The van der Waals surface area contributed by atoms with E-state index in [2.05, 4.69) is 0 Å². The van der Waals surface area contributed by atoms with Crippen LogP contribution in [-0.4, -0.2) is 20.9 Å². The Morgan fingerprint density at radius 2 is 1.05 bits per heavy atom. The van der Waals surface area contributed by atoms with Crippen LogP contribution in [0.25, 0.3) is 0 Å². The van der Waals surface area contributed by atoms with E-state index in [4.69, 9.17) is 0 Å². The zero-order valence-corrected chi connectivity index (χ0v) is 13.2. The third kappa shape index (κ3) is 4.15. The van der Waals surface area contributed by atoms with Crippen molar-refractivity contribution in [1.29, 1.82) is 0 Å². The van der Waals surface area contributed by atoms with E-state index in [9.17, 15) is 20.2 Å². The van der Waals surface area contributed by atoms with Crippen molar-refractivity contribution >= 4 is 0 Å². The second-order valence-electron chi connectivity index (χ2n) is 5.98. The third-order valence-electron chi connectivity index (χ3n) is 4.50. The van der Waals surface area contributed by atoms with Gasteiger partial charge in [-0.3, -0.25) is 20.2 Å². The molecule has 0 bridgehead atoms. The van der Waals surface area contributed by atoms with E-state index >= 15 is 0 Å². The first-order valence-electron chi connectivity index (χ1n) is 7.55. The van der Waals surface area contributed by atoms with E-state index in [1.165, 1.54) is 13.8 Å². The standard InChI is InChI=1S/C14H28N2O4/c1-5-7-9-11-13(3,15(17)18)14(4,16(19)20)12-10-8-6-2/h5-12H2,1-4H3. The second-order valence-corrected chi connectivity index (χ2v) is 5.98. The lowest BCUT2D eigenvalue weighted by molar-refractivity contribution is -0.682. The summed E-state index contributed by atoms with van der Waals surface area (Å²) in [4.78, 5) is 22.1. The van der Waals surface area contributed by atoms with Crippen molar-refractivity contribution in [1.82, 2.24) is 0 Å². The van der Waals surface area contributed by atoms with Crippen LogP contribution in [0.4, 0.5) is 0 Å². The Balaban J connectivity index is 5.21. The molecule has 0 aliphatic carbocycles. The number of hydrogen-bond donors (Lipinski definition) is 0. The molecule has 0 fully saturated rings. The van der Waals surface area contributed by atoms with Crippen molar-refractivity contribution in [2.75, 3.05) is 0 Å². The third-order valence-corrected chi connectivity index (χ3v) is 4.50. The van der Waals surface area contributed by atoms with Crippen LogP contribution in [0, 0.1) is 20.2 Å². The highest BCUT2D eigenvalue weighted by Crippen LogP contribution is 2.37. The van der Waals surface area contributed by atoms with E-state index in [-0.39, 0.29) is 12.8 Å². The smallest absolute Gasteiger partial charge is 0.264 e. The molecular formula is C14H28N2O4. The monoisotopic (exact) mass is 288 g/mol. The van der Waals surface area contributed by atoms with Crippen LogP contribution in [0.2, 0.25) is 0 Å². The topological polar surface area (TPSA) is 86.3 Å². The number of hydrogen-bond acceptors (Lipinski definition) is 4. The molecule has 118 valence electrons. The number of rotatable bonds is 11. The SMILES string of the molecule is CCCCCC(C)([N+](=O)[O-])C(C)(CCCCC)[N+](=O)[O-]. The highest BCUT2D eigenvalue weighted by Gasteiger charge is 2.63. The van der Waals surface area contributed by atoms with Gasteiger partial charge >= 0.3 is 0 Å². The first-order valence-corrected chi connectivity index (χ1v) is 7.55. The maximum atomic E-state index is 11.5. The first kappa shape index (κ1) is 18.8. The quantitative estimate of drug-likeness (QED) is 0.323. The minimum absolute atomic E-state index is 0.261. The van der Waals surface area contributed by atoms with Gasteiger partial charge in [0.05, 0.1) is 0 Å². The average Bonchev–Trinajstić information content (AvgIpc) is 2.38. The molecule has 0 aromatic heterocycles. The zero-order chi connectivity index (χ0) is 15.8. The molecule has 0 radical (unpaired) electrons.